The molecule has 0 unspecified atom stereocenters. The molecule has 0 atom stereocenters. The van der Waals surface area contributed by atoms with Crippen LogP contribution in [0.3, 0.4) is 0 Å². The second-order valence-electron chi connectivity index (χ2n) is 2.67. The van der Waals surface area contributed by atoms with Crippen LogP contribution in [0.1, 0.15) is 15.9 Å². The van der Waals surface area contributed by atoms with E-state index in [0.29, 0.717) is 11.3 Å². The van der Waals surface area contributed by atoms with E-state index in [1.165, 1.54) is 17.8 Å². The highest BCUT2D eigenvalue weighted by Crippen LogP contribution is 2.28. The molecule has 1 aromatic carbocycles. The number of hydrogen-bond donors (Lipinski definition) is 2. The van der Waals surface area contributed by atoms with E-state index in [1.807, 2.05) is 6.26 Å². The molecule has 0 bridgehead atoms. The maximum atomic E-state index is 10.8. The molecule has 3 nitrogen and oxygen atoms in total. The van der Waals surface area contributed by atoms with Gasteiger partial charge in [0.2, 0.25) is 0 Å². The van der Waals surface area contributed by atoms with Crippen molar-refractivity contribution in [3.8, 4) is 0 Å². The van der Waals surface area contributed by atoms with E-state index in [1.54, 1.807) is 13.0 Å². The molecule has 1 rings (SSSR count). The summed E-state index contributed by atoms with van der Waals surface area (Å²) in [5.74, 6) is -0.909. The standard InChI is InChI=1S/C9H11NO2S/c1-5-6(9(11)12)3-4-7(10)8(5)13-2/h3-4H,10H2,1-2H3,(H,11,12). The Balaban J connectivity index is 3.35. The lowest BCUT2D eigenvalue weighted by atomic mass is 10.1. The predicted octanol–water partition coefficient (Wildman–Crippen LogP) is 2.00. The zero-order chi connectivity index (χ0) is 10.0. The molecule has 70 valence electrons. The average molecular weight is 197 g/mol. The number of carbonyl (C=O) groups is 1. The number of rotatable bonds is 2. The van der Waals surface area contributed by atoms with Gasteiger partial charge in [-0.15, -0.1) is 11.8 Å². The Bertz CT molecular complexity index is 350. The first-order chi connectivity index (χ1) is 6.07. The number of aromatic carboxylic acids is 1. The van der Waals surface area contributed by atoms with Crippen LogP contribution in [0.2, 0.25) is 0 Å². The summed E-state index contributed by atoms with van der Waals surface area (Å²) in [5, 5.41) is 8.83. The van der Waals surface area contributed by atoms with Gasteiger partial charge in [-0.2, -0.15) is 0 Å². The van der Waals surface area contributed by atoms with E-state index in [9.17, 15) is 4.79 Å². The molecule has 0 saturated heterocycles. The number of benzene rings is 1. The van der Waals surface area contributed by atoms with Gasteiger partial charge >= 0.3 is 5.97 Å². The molecule has 0 saturated carbocycles. The van der Waals surface area contributed by atoms with Crippen LogP contribution in [0.15, 0.2) is 17.0 Å². The minimum absolute atomic E-state index is 0.318. The van der Waals surface area contributed by atoms with Crippen LogP contribution in [0, 0.1) is 6.92 Å². The fourth-order valence-electron chi connectivity index (χ4n) is 1.22. The van der Waals surface area contributed by atoms with E-state index in [4.69, 9.17) is 10.8 Å². The lowest BCUT2D eigenvalue weighted by Gasteiger charge is -2.08. The Morgan fingerprint density at radius 2 is 2.15 bits per heavy atom. The van der Waals surface area contributed by atoms with Crippen molar-refractivity contribution in [1.82, 2.24) is 0 Å². The number of thioether (sulfide) groups is 1. The van der Waals surface area contributed by atoms with Gasteiger partial charge < -0.3 is 10.8 Å². The number of carboxylic acid groups (broad SMARTS) is 1. The Morgan fingerprint density at radius 1 is 1.54 bits per heavy atom. The minimum Gasteiger partial charge on any atom is -0.478 e. The molecule has 0 heterocycles. The van der Waals surface area contributed by atoms with Gasteiger partial charge in [-0.05, 0) is 30.9 Å². The molecule has 0 aromatic heterocycles. The van der Waals surface area contributed by atoms with Crippen molar-refractivity contribution in [2.45, 2.75) is 11.8 Å². The van der Waals surface area contributed by atoms with Gasteiger partial charge in [-0.1, -0.05) is 0 Å². The fraction of sp³-hybridized carbons (Fsp3) is 0.222. The van der Waals surface area contributed by atoms with Crippen molar-refractivity contribution >= 4 is 23.4 Å². The summed E-state index contributed by atoms with van der Waals surface area (Å²) in [6.07, 6.45) is 1.88. The highest BCUT2D eigenvalue weighted by Gasteiger charge is 2.11. The predicted molar refractivity (Wildman–Crippen MR) is 54.3 cm³/mol. The summed E-state index contributed by atoms with van der Waals surface area (Å²) in [5.41, 5.74) is 7.38. The number of anilines is 1. The van der Waals surface area contributed by atoms with E-state index in [0.717, 1.165) is 10.5 Å². The summed E-state index contributed by atoms with van der Waals surface area (Å²) < 4.78 is 0. The second-order valence-corrected chi connectivity index (χ2v) is 3.48. The maximum Gasteiger partial charge on any atom is 0.335 e. The van der Waals surface area contributed by atoms with Crippen molar-refractivity contribution < 1.29 is 9.90 Å². The van der Waals surface area contributed by atoms with E-state index >= 15 is 0 Å². The Morgan fingerprint density at radius 3 is 2.62 bits per heavy atom. The zero-order valence-corrected chi connectivity index (χ0v) is 8.31. The summed E-state index contributed by atoms with van der Waals surface area (Å²) in [7, 11) is 0. The lowest BCUT2D eigenvalue weighted by Crippen LogP contribution is -2.02. The normalized spacial score (nSPS) is 10.0. The number of carboxylic acids is 1. The van der Waals surface area contributed by atoms with Gasteiger partial charge in [0.25, 0.3) is 0 Å². The fourth-order valence-corrected chi connectivity index (χ4v) is 1.94. The summed E-state index contributed by atoms with van der Waals surface area (Å²) in [6, 6.07) is 3.16. The third-order valence-corrected chi connectivity index (χ3v) is 2.82. The van der Waals surface area contributed by atoms with Crippen molar-refractivity contribution in [1.29, 1.82) is 0 Å². The summed E-state index contributed by atoms with van der Waals surface area (Å²) >= 11 is 1.47. The Labute approximate surface area is 80.9 Å². The van der Waals surface area contributed by atoms with Crippen LogP contribution < -0.4 is 5.73 Å². The molecule has 3 N–H and O–H groups in total. The molecular weight excluding hydrogens is 186 g/mol. The first kappa shape index (κ1) is 9.92. The van der Waals surface area contributed by atoms with Gasteiger partial charge in [-0.25, -0.2) is 4.79 Å². The molecule has 0 radical (unpaired) electrons. The van der Waals surface area contributed by atoms with Crippen LogP contribution >= 0.6 is 11.8 Å². The molecule has 13 heavy (non-hydrogen) atoms. The first-order valence-corrected chi connectivity index (χ1v) is 4.96. The topological polar surface area (TPSA) is 63.3 Å². The highest BCUT2D eigenvalue weighted by atomic mass is 32.2. The van der Waals surface area contributed by atoms with Crippen molar-refractivity contribution in [2.24, 2.45) is 0 Å². The van der Waals surface area contributed by atoms with Gasteiger partial charge in [0.15, 0.2) is 0 Å². The Hall–Kier alpha value is -1.16. The molecule has 0 aliphatic rings. The molecule has 0 spiro atoms. The van der Waals surface area contributed by atoms with E-state index < -0.39 is 5.97 Å². The maximum absolute atomic E-state index is 10.8. The summed E-state index contributed by atoms with van der Waals surface area (Å²) in [6.45, 7) is 1.77. The van der Waals surface area contributed by atoms with Crippen molar-refractivity contribution in [3.05, 3.63) is 23.3 Å². The zero-order valence-electron chi connectivity index (χ0n) is 7.50. The van der Waals surface area contributed by atoms with E-state index in [-0.39, 0.29) is 0 Å². The molecule has 0 fully saturated rings. The molecule has 0 aliphatic carbocycles. The molecular formula is C9H11NO2S. The quantitative estimate of drug-likeness (QED) is 0.562. The van der Waals surface area contributed by atoms with Crippen molar-refractivity contribution in [2.75, 3.05) is 12.0 Å². The number of hydrogen-bond acceptors (Lipinski definition) is 3. The molecule has 1 aromatic rings. The smallest absolute Gasteiger partial charge is 0.335 e. The van der Waals surface area contributed by atoms with Gasteiger partial charge in [0, 0.05) is 10.6 Å². The van der Waals surface area contributed by atoms with Crippen molar-refractivity contribution in [3.63, 3.8) is 0 Å². The largest absolute Gasteiger partial charge is 0.478 e. The van der Waals surface area contributed by atoms with E-state index in [2.05, 4.69) is 0 Å². The van der Waals surface area contributed by atoms with Crippen LogP contribution in [-0.4, -0.2) is 17.3 Å². The number of nitrogen functional groups attached to an aromatic ring is 1. The molecule has 0 amide bonds. The van der Waals surface area contributed by atoms with Crippen LogP contribution in [0.4, 0.5) is 5.69 Å². The Kier molecular flexibility index (Phi) is 2.83. The summed E-state index contributed by atoms with van der Waals surface area (Å²) in [4.78, 5) is 11.6. The minimum atomic E-state index is -0.909. The van der Waals surface area contributed by atoms with Crippen LogP contribution in [0.5, 0.6) is 0 Å². The average Bonchev–Trinajstić information content (AvgIpc) is 2.04. The first-order valence-electron chi connectivity index (χ1n) is 3.74. The monoisotopic (exact) mass is 197 g/mol. The highest BCUT2D eigenvalue weighted by molar-refractivity contribution is 7.98. The third-order valence-electron chi connectivity index (χ3n) is 1.87. The van der Waals surface area contributed by atoms with Crippen LogP contribution in [0.25, 0.3) is 0 Å². The molecule has 4 heteroatoms. The van der Waals surface area contributed by atoms with Crippen LogP contribution in [-0.2, 0) is 0 Å². The molecule has 0 aliphatic heterocycles. The van der Waals surface area contributed by atoms with Gasteiger partial charge in [-0.3, -0.25) is 0 Å². The second kappa shape index (κ2) is 3.70. The third kappa shape index (κ3) is 1.78. The lowest BCUT2D eigenvalue weighted by molar-refractivity contribution is 0.0696. The van der Waals surface area contributed by atoms with Gasteiger partial charge in [0.05, 0.1) is 5.56 Å². The van der Waals surface area contributed by atoms with Gasteiger partial charge in [0.1, 0.15) is 0 Å². The number of nitrogens with two attached hydrogens (primary N) is 1. The SMILES string of the molecule is CSc1c(N)ccc(C(=O)O)c1C.